The second kappa shape index (κ2) is 22.5. The molecule has 6 rings (SSSR count). The molecule has 2 fully saturated rings. The topological polar surface area (TPSA) is 182 Å². The van der Waals surface area contributed by atoms with E-state index >= 15 is 0 Å². The normalized spacial score (nSPS) is 24.6. The summed E-state index contributed by atoms with van der Waals surface area (Å²) in [5.74, 6) is -0.649. The Labute approximate surface area is 365 Å². The number of benzene rings is 2. The second-order valence-electron chi connectivity index (χ2n) is 17.2. The fourth-order valence-corrected chi connectivity index (χ4v) is 10.4. The molecular weight excluding hydrogens is 793 g/mol. The maximum absolute atomic E-state index is 14.8. The van der Waals surface area contributed by atoms with Gasteiger partial charge in [-0.2, -0.15) is 0 Å². The molecule has 0 spiro atoms. The van der Waals surface area contributed by atoms with E-state index in [1.807, 2.05) is 24.0 Å². The number of nitrogens with one attached hydrogen (secondary N) is 1. The van der Waals surface area contributed by atoms with Crippen LogP contribution in [0.5, 0.6) is 11.5 Å². The van der Waals surface area contributed by atoms with Gasteiger partial charge in [-0.1, -0.05) is 62.8 Å². The van der Waals surface area contributed by atoms with Gasteiger partial charge in [-0.15, -0.1) is 6.58 Å². The van der Waals surface area contributed by atoms with Gasteiger partial charge in [0.2, 0.25) is 11.7 Å². The maximum atomic E-state index is 14.8. The molecule has 2 aromatic rings. The molecule has 3 N–H and O–H groups in total. The van der Waals surface area contributed by atoms with E-state index in [-0.39, 0.29) is 62.2 Å². The number of hydrogen-bond donors (Lipinski definition) is 3. The maximum Gasteiger partial charge on any atom is 0.412 e. The lowest BCUT2D eigenvalue weighted by atomic mass is 9.55. The number of nitro groups is 1. The Morgan fingerprint density at radius 3 is 2.47 bits per heavy atom. The number of unbranched alkanes of at least 4 members (excludes halogenated alkanes) is 2. The van der Waals surface area contributed by atoms with Crippen molar-refractivity contribution in [3.63, 3.8) is 0 Å². The zero-order valence-corrected chi connectivity index (χ0v) is 36.5. The van der Waals surface area contributed by atoms with Crippen LogP contribution < -0.4 is 14.8 Å². The summed E-state index contributed by atoms with van der Waals surface area (Å²) in [5.41, 5.74) is 3.10. The van der Waals surface area contributed by atoms with Crippen molar-refractivity contribution in [1.82, 2.24) is 10.2 Å². The standard InChI is InChI=1S/C48H66N4O10/c1-4-25-51(44(55)24-19-33-13-7-8-14-33)43-31-41(50-60-32-34-17-20-36(21-18-34)52(57)58)39-29-35(15-9-11-26-53)38(16-10-12-27-54)45-40-30-37(61-47(56)49-6-3)22-23-42(40)62-48(43,46(39)45)59-28-5-2/h5,17-18,20-23,29-30,33,35,38,43,45-46,53-54H,2,4,6-16,19,24-28,31-32H2,1,3H3,(H,49,56). The predicted octanol–water partition coefficient (Wildman–Crippen LogP) is 8.75. The first-order valence-electron chi connectivity index (χ1n) is 22.9. The van der Waals surface area contributed by atoms with Crippen molar-refractivity contribution >= 4 is 23.4 Å². The summed E-state index contributed by atoms with van der Waals surface area (Å²) >= 11 is 0. The molecule has 3 aliphatic carbocycles. The zero-order chi connectivity index (χ0) is 44.1. The third kappa shape index (κ3) is 10.9. The lowest BCUT2D eigenvalue weighted by Crippen LogP contribution is -2.70. The first-order chi connectivity index (χ1) is 30.2. The number of ether oxygens (including phenoxy) is 3. The Kier molecular flexibility index (Phi) is 17.0. The molecule has 1 aliphatic heterocycles. The minimum absolute atomic E-state index is 0.00166. The quantitative estimate of drug-likeness (QED) is 0.0423. The van der Waals surface area contributed by atoms with Crippen LogP contribution in [0.4, 0.5) is 10.5 Å². The lowest BCUT2D eigenvalue weighted by molar-refractivity contribution is -0.384. The smallest absolute Gasteiger partial charge is 0.412 e. The van der Waals surface area contributed by atoms with Crippen molar-refractivity contribution in [3.8, 4) is 11.5 Å². The van der Waals surface area contributed by atoms with E-state index in [4.69, 9.17) is 24.2 Å². The number of aliphatic hydroxyl groups is 2. The first kappa shape index (κ1) is 46.7. The summed E-state index contributed by atoms with van der Waals surface area (Å²) in [7, 11) is 0. The van der Waals surface area contributed by atoms with Gasteiger partial charge in [-0.25, -0.2) is 4.79 Å². The van der Waals surface area contributed by atoms with Gasteiger partial charge < -0.3 is 39.5 Å². The van der Waals surface area contributed by atoms with Crippen molar-refractivity contribution in [3.05, 3.63) is 88.0 Å². The number of carbonyl (C=O) groups is 2. The minimum Gasteiger partial charge on any atom is -0.459 e. The summed E-state index contributed by atoms with van der Waals surface area (Å²) in [5, 5.41) is 38.8. The van der Waals surface area contributed by atoms with Gasteiger partial charge in [-0.05, 0) is 105 Å². The number of fused-ring (bicyclic) bond motifs is 2. The van der Waals surface area contributed by atoms with Crippen LogP contribution in [0.3, 0.4) is 0 Å². The number of nitro benzene ring substituents is 1. The summed E-state index contributed by atoms with van der Waals surface area (Å²) in [4.78, 5) is 46.5. The second-order valence-corrected chi connectivity index (χ2v) is 17.2. The van der Waals surface area contributed by atoms with E-state index in [1.165, 1.54) is 25.0 Å². The van der Waals surface area contributed by atoms with Crippen molar-refractivity contribution in [2.24, 2.45) is 28.8 Å². The number of carbonyl (C=O) groups excluding carboxylic acids is 2. The van der Waals surface area contributed by atoms with Crippen LogP contribution in [-0.4, -0.2) is 82.5 Å². The molecule has 0 aromatic heterocycles. The number of oxime groups is 1. The van der Waals surface area contributed by atoms with E-state index in [0.717, 1.165) is 56.1 Å². The first-order valence-corrected chi connectivity index (χ1v) is 22.9. The van der Waals surface area contributed by atoms with Crippen LogP contribution >= 0.6 is 0 Å². The van der Waals surface area contributed by atoms with Crippen molar-refractivity contribution in [1.29, 1.82) is 0 Å². The number of hydrogen-bond acceptors (Lipinski definition) is 11. The molecule has 0 saturated heterocycles. The zero-order valence-electron chi connectivity index (χ0n) is 36.5. The molecule has 0 bridgehead atoms. The molecule has 2 saturated carbocycles. The van der Waals surface area contributed by atoms with Gasteiger partial charge in [0, 0.05) is 62.8 Å². The van der Waals surface area contributed by atoms with Gasteiger partial charge in [0.1, 0.15) is 24.1 Å². The van der Waals surface area contributed by atoms with Gasteiger partial charge in [0.25, 0.3) is 5.69 Å². The van der Waals surface area contributed by atoms with Crippen LogP contribution in [0.1, 0.15) is 121 Å². The summed E-state index contributed by atoms with van der Waals surface area (Å²) in [6.07, 6.45) is 14.7. The molecule has 2 amide bonds. The van der Waals surface area contributed by atoms with Crippen molar-refractivity contribution in [2.75, 3.05) is 32.9 Å². The summed E-state index contributed by atoms with van der Waals surface area (Å²) in [6, 6.07) is 11.0. The number of nitrogens with zero attached hydrogens (tertiary/aromatic N) is 3. The number of non-ortho nitro benzene ring substituents is 1. The van der Waals surface area contributed by atoms with Crippen LogP contribution in [0.25, 0.3) is 0 Å². The molecular formula is C48H66N4O10. The highest BCUT2D eigenvalue weighted by atomic mass is 16.7. The Bertz CT molecular complexity index is 1900. The summed E-state index contributed by atoms with van der Waals surface area (Å²) in [6.45, 7) is 9.14. The number of aliphatic hydroxyl groups excluding tert-OH is 2. The molecule has 62 heavy (non-hydrogen) atoms. The van der Waals surface area contributed by atoms with Crippen molar-refractivity contribution < 1.29 is 43.8 Å². The lowest BCUT2D eigenvalue weighted by Gasteiger charge is -2.60. The fraction of sp³-hybridized carbons (Fsp3) is 0.604. The number of rotatable bonds is 23. The summed E-state index contributed by atoms with van der Waals surface area (Å²) < 4.78 is 20.2. The highest BCUT2D eigenvalue weighted by Crippen LogP contribution is 2.62. The van der Waals surface area contributed by atoms with Crippen LogP contribution in [0, 0.1) is 33.8 Å². The van der Waals surface area contributed by atoms with Crippen molar-refractivity contribution in [2.45, 2.75) is 128 Å². The van der Waals surface area contributed by atoms with Crippen LogP contribution in [0.15, 0.2) is 71.9 Å². The van der Waals surface area contributed by atoms with Crippen LogP contribution in [0.2, 0.25) is 0 Å². The van der Waals surface area contributed by atoms with Gasteiger partial charge >= 0.3 is 6.09 Å². The molecule has 338 valence electrons. The average molecular weight is 859 g/mol. The monoisotopic (exact) mass is 858 g/mol. The van der Waals surface area contributed by atoms with Gasteiger partial charge in [0.15, 0.2) is 0 Å². The number of amides is 2. The molecule has 1 heterocycles. The van der Waals surface area contributed by atoms with E-state index in [9.17, 15) is 29.9 Å². The van der Waals surface area contributed by atoms with E-state index < -0.39 is 28.8 Å². The van der Waals surface area contributed by atoms with Gasteiger partial charge in [-0.3, -0.25) is 14.9 Å². The Hall–Kier alpha value is -4.79. The fourth-order valence-electron chi connectivity index (χ4n) is 10.4. The van der Waals surface area contributed by atoms with E-state index in [0.29, 0.717) is 67.5 Å². The van der Waals surface area contributed by atoms with Crippen LogP contribution in [-0.2, 0) is 21.0 Å². The molecule has 2 aromatic carbocycles. The Balaban J connectivity index is 1.53. The molecule has 4 aliphatic rings. The van der Waals surface area contributed by atoms with E-state index in [1.54, 1.807) is 24.3 Å². The number of allylic oxidation sites excluding steroid dienone is 1. The third-order valence-electron chi connectivity index (χ3n) is 13.1. The Morgan fingerprint density at radius 1 is 1.05 bits per heavy atom. The molecule has 6 atom stereocenters. The van der Waals surface area contributed by atoms with E-state index in [2.05, 4.69) is 24.9 Å². The predicted molar refractivity (Wildman–Crippen MR) is 236 cm³/mol. The molecule has 6 unspecified atom stereocenters. The van der Waals surface area contributed by atoms with Gasteiger partial charge in [0.05, 0.1) is 23.2 Å². The molecule has 0 radical (unpaired) electrons. The largest absolute Gasteiger partial charge is 0.459 e. The highest BCUT2D eigenvalue weighted by molar-refractivity contribution is 6.03. The average Bonchev–Trinajstić information content (AvgIpc) is 3.80. The minimum atomic E-state index is -1.39. The molecule has 14 nitrogen and oxygen atoms in total. The third-order valence-corrected chi connectivity index (χ3v) is 13.1. The molecule has 14 heteroatoms. The SMILES string of the molecule is C=CCOC12Oc3ccc(OC(=O)NCC)cc3C3C(CCCCO)C(CCCCO)C=C(C(=NOCc4ccc([N+](=O)[O-])cc4)CC1N(CCC)C(=O)CCC1CCCC1)C32. The highest BCUT2D eigenvalue weighted by Gasteiger charge is 2.65. The Morgan fingerprint density at radius 2 is 1.79 bits per heavy atom.